The van der Waals surface area contributed by atoms with Crippen molar-refractivity contribution in [3.63, 3.8) is 0 Å². The van der Waals surface area contributed by atoms with Gasteiger partial charge in [-0.2, -0.15) is 0 Å². The smallest absolute Gasteiger partial charge is 0.161 e. The maximum Gasteiger partial charge on any atom is 0.161 e. The highest BCUT2D eigenvalue weighted by atomic mass is 16.5. The zero-order valence-electron chi connectivity index (χ0n) is 130. The summed E-state index contributed by atoms with van der Waals surface area (Å²) in [4.78, 5) is 2.50. The van der Waals surface area contributed by atoms with Crippen LogP contribution in [0.3, 0.4) is 0 Å². The number of hydrogen-bond acceptors (Lipinski definition) is 20. The normalized spacial score (nSPS) is 46.4. The molecule has 5 saturated heterocycles. The van der Waals surface area contributed by atoms with Gasteiger partial charge in [0.25, 0.3) is 0 Å². The Labute approximate surface area is 784 Å². The third-order valence-corrected chi connectivity index (χ3v) is 19.7. The van der Waals surface area contributed by atoms with Crippen molar-refractivity contribution in [2.45, 2.75) is 233 Å². The lowest BCUT2D eigenvalue weighted by Gasteiger charge is -2.47. The molecule has 0 bridgehead atoms. The topological polar surface area (TPSA) is 210 Å². The molecule has 0 radical (unpaired) electrons. The molecule has 0 amide bonds. The zero-order valence-corrected chi connectivity index (χ0v) is 67.4. The second-order valence-corrected chi connectivity index (χ2v) is 30.2. The van der Waals surface area contributed by atoms with Gasteiger partial charge >= 0.3 is 0 Å². The number of nitrogens with zero attached hydrogens (tertiary/aromatic N) is 5. The van der Waals surface area contributed by atoms with Crippen LogP contribution >= 0.6 is 0 Å². The van der Waals surface area contributed by atoms with Crippen molar-refractivity contribution in [1.82, 2.24) is 24.5 Å². The van der Waals surface area contributed by atoms with E-state index in [9.17, 15) is 28.3 Å². The second-order valence-electron chi connectivity index (χ2n) is 30.2. The van der Waals surface area contributed by atoms with Gasteiger partial charge in [0.05, 0.1) is 133 Å². The van der Waals surface area contributed by atoms with Crippen molar-refractivity contribution in [1.29, 1.82) is 0 Å². The number of aliphatic hydroxyl groups is 5. The van der Waals surface area contributed by atoms with E-state index in [1.807, 2.05) is 41.5 Å². The average molecular weight is 1670 g/mol. The van der Waals surface area contributed by atoms with E-state index in [4.69, 9.17) is 131 Å². The fourth-order valence-electron chi connectivity index (χ4n) is 14.4. The molecule has 20 heteroatoms. The van der Waals surface area contributed by atoms with E-state index in [0.29, 0.717) is 16.7 Å². The van der Waals surface area contributed by atoms with Crippen molar-refractivity contribution < 1.29 is 159 Å². The number of rotatable bonds is 19. The molecule has 0 saturated carbocycles. The van der Waals surface area contributed by atoms with Crippen LogP contribution in [0.2, 0.25) is 0 Å². The van der Waals surface area contributed by atoms with Gasteiger partial charge in [0.2, 0.25) is 0 Å². The van der Waals surface area contributed by atoms with Crippen LogP contribution in [0, 0.1) is 58.6 Å². The van der Waals surface area contributed by atoms with Gasteiger partial charge in [-0.15, -0.1) is 0 Å². The van der Waals surface area contributed by atoms with Gasteiger partial charge < -0.3 is 72.9 Å². The van der Waals surface area contributed by atoms with Gasteiger partial charge in [-0.25, -0.2) is 0 Å². The first-order valence-electron chi connectivity index (χ1n) is 69.1. The molecule has 20 nitrogen and oxygen atoms in total. The van der Waals surface area contributed by atoms with E-state index < -0.39 is 363 Å². The Balaban J connectivity index is 0.000000209. The van der Waals surface area contributed by atoms with Crippen molar-refractivity contribution in [2.75, 3.05) is 136 Å². The highest BCUT2D eigenvalue weighted by Crippen LogP contribution is 2.51. The summed E-state index contributed by atoms with van der Waals surface area (Å²) >= 11 is 0. The van der Waals surface area contributed by atoms with E-state index >= 15 is 0 Å². The van der Waals surface area contributed by atoms with E-state index in [-0.39, 0.29) is 130 Å². The highest BCUT2D eigenvalue weighted by Gasteiger charge is 2.45. The Bertz CT molecular complexity index is 6970. The first-order chi connectivity index (χ1) is 79.9. The van der Waals surface area contributed by atoms with Crippen molar-refractivity contribution in [3.8, 4) is 57.5 Å². The van der Waals surface area contributed by atoms with Crippen LogP contribution in [0.25, 0.3) is 0 Å². The van der Waals surface area contributed by atoms with Gasteiger partial charge in [-0.1, -0.05) is 76.0 Å². The lowest BCUT2D eigenvalue weighted by Crippen LogP contribution is -2.48. The van der Waals surface area contributed by atoms with Crippen LogP contribution in [0.1, 0.15) is 312 Å². The monoisotopic (exact) mass is 1670 g/mol. The van der Waals surface area contributed by atoms with Gasteiger partial charge in [-0.3, -0.25) is 24.5 Å². The SMILES string of the molecule is [2H]c1c(OC([2H])([2H])[2H])c(OC)c([2H])c2c1C1CC(O)C(CC(C)C)C([2H])([2H])N1C([2H])([2H])C2([2H])[2H].[2H]c1c(OC)c(OC([2H])([2H])[2H])c([2H])c2c1C([2H])([2H])C([2H])([2H])N1CC([2H])(C([2H])([2H])C(C)(C([2H])([2H])[2H])C([2H])([2H])[2H])C([2H])(O)C([2H])([2H])C21[2H].[2H]c1c(OC)c(OC([2H])([2H])[2H])c([2H])c2c1C([2H])([2H])C([2H])([2H])N1CC([2H])(CC(C)C)C([2H])(O)C([2H])([2H])C21[2H].[2H]c1c(OC)c(OC)c([2H])c2c1C1CC(O)C(CC(C)C)C([2H])([2H])N1C([2H])([2H])C2([2H])[2H].[2H]c1c(OC)c(OC)c([2H])c2c1C1CC(O)C(CC(C)C)C([2H])([2H])N1C([2H])([2H])C2([2H])[2H]. The number of ether oxygens (including phenoxy) is 10. The van der Waals surface area contributed by atoms with E-state index in [2.05, 4.69) is 0 Å². The van der Waals surface area contributed by atoms with Crippen molar-refractivity contribution in [3.05, 3.63) is 116 Å². The second kappa shape index (κ2) is 40.4. The van der Waals surface area contributed by atoms with Gasteiger partial charge in [0.15, 0.2) is 57.5 Å². The average Bonchev–Trinajstić information content (AvgIpc) is 0.624. The molecule has 116 heavy (non-hydrogen) atoms. The molecule has 646 valence electrons. The van der Waals surface area contributed by atoms with E-state index in [1.54, 1.807) is 13.8 Å². The molecule has 15 rings (SSSR count). The summed E-state index contributed by atoms with van der Waals surface area (Å²) in [6.45, 7) is -19.0. The molecule has 0 spiro atoms. The molecule has 5 N–H and O–H groups in total. The Hall–Kier alpha value is -6.30. The van der Waals surface area contributed by atoms with Crippen LogP contribution in [0.4, 0.5) is 0 Å². The minimum absolute atomic E-state index is 0.0296. The Morgan fingerprint density at radius 3 is 0.931 bits per heavy atom. The van der Waals surface area contributed by atoms with Crippen molar-refractivity contribution >= 4 is 0 Å². The van der Waals surface area contributed by atoms with E-state index in [0.717, 1.165) is 31.1 Å². The van der Waals surface area contributed by atoms with Gasteiger partial charge in [0.1, 0.15) is 0 Å². The molecule has 10 aliphatic heterocycles. The summed E-state index contributed by atoms with van der Waals surface area (Å²) in [5, 5.41) is 55.4. The number of methoxy groups -OCH3 is 10. The summed E-state index contributed by atoms with van der Waals surface area (Å²) in [7, 11) is -1.66. The van der Waals surface area contributed by atoms with E-state index in [1.165, 1.54) is 28.4 Å². The minimum Gasteiger partial charge on any atom is -0.493 e. The lowest BCUT2D eigenvalue weighted by molar-refractivity contribution is -0.0259. The first-order valence-corrected chi connectivity index (χ1v) is 37.6. The summed E-state index contributed by atoms with van der Waals surface area (Å²) in [5.74, 6) is -15.4. The largest absolute Gasteiger partial charge is 0.493 e. The molecular formula is C96H147N5O15. The fourth-order valence-corrected chi connectivity index (χ4v) is 14.4. The summed E-state index contributed by atoms with van der Waals surface area (Å²) in [6, 6.07) is -18.2. The molecule has 0 aromatic heterocycles. The molecule has 10 heterocycles. The summed E-state index contributed by atoms with van der Waals surface area (Å²) in [6.07, 6.45) is -38.9. The lowest BCUT2D eigenvalue weighted by atomic mass is 9.75. The maximum atomic E-state index is 11.6. The molecule has 5 aromatic carbocycles. The molecule has 0 aliphatic carbocycles. The molecule has 5 aromatic rings. The number of piperidine rings is 5. The Morgan fingerprint density at radius 2 is 0.647 bits per heavy atom. The van der Waals surface area contributed by atoms with Crippen LogP contribution in [0.15, 0.2) is 60.4 Å². The standard InChI is InChI=1S/C20H31NO3.4C19H29NO3/c1-20(2,3)11-14-12-21-7-6-13-8-18(23-4)19(24-5)9-15(13)16(21)10-17(14)22;4*1-12(2)7-14-11-20-6-5-13-8-18(22-3)19(23-4)9-15(13)16(20)10-17(14)21/h8-9,14,16-17,22H,6-7,10-12H2,1-5H3;4*8-9,12,14,16-17,21H,5-7,10-11H2,1-4H3/i1D3,2D3,5D3,6D2,7D2,8D,9D,10D2,11D2,14D,16D,17D;4D3,5D2,6D2,8D,9D,10D2,14D,16D,17D;4D3,5D2,6D2,8D,9D,11D2;2*5D2,6D2,8D,9D,11D2. The predicted octanol–water partition coefficient (Wildman–Crippen LogP) is 15.5. The predicted molar refractivity (Wildman–Crippen MR) is 460 cm³/mol. The highest BCUT2D eigenvalue weighted by molar-refractivity contribution is 5.54. The Morgan fingerprint density at radius 1 is 0.388 bits per heavy atom. The number of hydrogen-bond donors (Lipinski definition) is 5. The van der Waals surface area contributed by atoms with Crippen molar-refractivity contribution in [2.24, 2.45) is 58.6 Å². The summed E-state index contributed by atoms with van der Waals surface area (Å²) < 4.78 is 583. The number of fused-ring (bicyclic) bond motifs is 15. The fraction of sp³-hybridized carbons (Fsp3) is 0.688. The maximum absolute atomic E-state index is 11.6. The first kappa shape index (κ1) is 38.8. The van der Waals surface area contributed by atoms with Gasteiger partial charge in [-0.05, 0) is 271 Å². The molecule has 15 atom stereocenters. The van der Waals surface area contributed by atoms with Crippen LogP contribution < -0.4 is 47.4 Å². The third kappa shape index (κ3) is 21.3. The molecule has 5 fully saturated rings. The van der Waals surface area contributed by atoms with Crippen LogP contribution in [-0.4, -0.2) is 216 Å². The van der Waals surface area contributed by atoms with Crippen LogP contribution in [0.5, 0.6) is 57.5 Å². The quantitative estimate of drug-likeness (QED) is 0.0520. The zero-order chi connectivity index (χ0) is 139. The summed E-state index contributed by atoms with van der Waals surface area (Å²) in [5.41, 5.74) is -9.97. The van der Waals surface area contributed by atoms with Gasteiger partial charge in [0, 0.05) is 150 Å². The van der Waals surface area contributed by atoms with Crippen LogP contribution in [-0.2, 0) is 31.9 Å². The molecule has 15 unspecified atom stereocenters. The minimum atomic E-state index is -4.42. The Kier molecular flexibility index (Phi) is 13.5. The number of benzene rings is 5. The molecular weight excluding hydrogens is 1460 g/mol. The number of aliphatic hydroxyl groups excluding tert-OH is 3. The third-order valence-electron chi connectivity index (χ3n) is 19.7. The molecule has 10 aliphatic rings.